The van der Waals surface area contributed by atoms with Gasteiger partial charge in [-0.1, -0.05) is 42.5 Å². The SMILES string of the molecule is CC(C)(C)OC(=O)N(C(=N)Nc1cccc(C(=O)C(N)C(=O)OCc2ccccc2)c1)C(=O)OC(C)(C)C. The maximum absolute atomic E-state index is 12.8. The molecule has 0 saturated heterocycles. The van der Waals surface area contributed by atoms with Crippen LogP contribution in [0.4, 0.5) is 15.3 Å². The number of imide groups is 1. The number of Topliss-reactive ketones (excluding diaryl/α,β-unsaturated/α-hetero) is 1. The van der Waals surface area contributed by atoms with Crippen molar-refractivity contribution in [2.75, 3.05) is 5.32 Å². The molecular formula is C27H34N4O7. The summed E-state index contributed by atoms with van der Waals surface area (Å²) in [7, 11) is 0. The van der Waals surface area contributed by atoms with E-state index in [9.17, 15) is 19.2 Å². The number of anilines is 1. The molecule has 0 aliphatic rings. The molecule has 0 bridgehead atoms. The molecule has 38 heavy (non-hydrogen) atoms. The minimum Gasteiger partial charge on any atom is -0.459 e. The van der Waals surface area contributed by atoms with Crippen LogP contribution in [0.25, 0.3) is 0 Å². The van der Waals surface area contributed by atoms with E-state index in [2.05, 4.69) is 5.32 Å². The van der Waals surface area contributed by atoms with Crippen LogP contribution in [0.1, 0.15) is 57.5 Å². The maximum atomic E-state index is 12.8. The van der Waals surface area contributed by atoms with Crippen molar-refractivity contribution < 1.29 is 33.4 Å². The minimum atomic E-state index is -1.58. The van der Waals surface area contributed by atoms with Crippen molar-refractivity contribution in [1.29, 1.82) is 5.41 Å². The van der Waals surface area contributed by atoms with E-state index in [0.29, 0.717) is 4.90 Å². The lowest BCUT2D eigenvalue weighted by atomic mass is 10.0. The Kier molecular flexibility index (Phi) is 9.72. The average molecular weight is 527 g/mol. The highest BCUT2D eigenvalue weighted by Crippen LogP contribution is 2.18. The van der Waals surface area contributed by atoms with Gasteiger partial charge in [-0.3, -0.25) is 10.2 Å². The average Bonchev–Trinajstić information content (AvgIpc) is 2.80. The number of benzene rings is 2. The summed E-state index contributed by atoms with van der Waals surface area (Å²) in [6.07, 6.45) is -2.25. The van der Waals surface area contributed by atoms with Gasteiger partial charge < -0.3 is 25.3 Å². The fraction of sp³-hybridized carbons (Fsp3) is 0.370. The van der Waals surface area contributed by atoms with E-state index in [1.54, 1.807) is 65.8 Å². The third kappa shape index (κ3) is 9.32. The van der Waals surface area contributed by atoms with Crippen LogP contribution in [0.2, 0.25) is 0 Å². The summed E-state index contributed by atoms with van der Waals surface area (Å²) in [6.45, 7) is 9.62. The van der Waals surface area contributed by atoms with Gasteiger partial charge in [0.25, 0.3) is 0 Å². The second kappa shape index (κ2) is 12.3. The van der Waals surface area contributed by atoms with Crippen LogP contribution in [0, 0.1) is 5.41 Å². The second-order valence-electron chi connectivity index (χ2n) is 10.3. The van der Waals surface area contributed by atoms with Gasteiger partial charge in [-0.15, -0.1) is 4.90 Å². The second-order valence-corrected chi connectivity index (χ2v) is 10.3. The summed E-state index contributed by atoms with van der Waals surface area (Å²) in [5, 5.41) is 10.9. The predicted octanol–water partition coefficient (Wildman–Crippen LogP) is 4.46. The molecule has 0 aliphatic heterocycles. The molecule has 2 rings (SSSR count). The first kappa shape index (κ1) is 30.0. The first-order chi connectivity index (χ1) is 17.6. The fourth-order valence-corrected chi connectivity index (χ4v) is 2.92. The number of nitrogens with two attached hydrogens (primary N) is 1. The zero-order chi connectivity index (χ0) is 28.7. The van der Waals surface area contributed by atoms with Gasteiger partial charge >= 0.3 is 18.2 Å². The predicted molar refractivity (Wildman–Crippen MR) is 141 cm³/mol. The molecule has 1 atom stereocenters. The fourth-order valence-electron chi connectivity index (χ4n) is 2.92. The van der Waals surface area contributed by atoms with E-state index in [0.717, 1.165) is 5.56 Å². The molecule has 2 aromatic rings. The molecule has 11 heteroatoms. The van der Waals surface area contributed by atoms with Crippen molar-refractivity contribution in [2.24, 2.45) is 5.73 Å². The number of ether oxygens (including phenoxy) is 3. The Bertz CT molecular complexity index is 1160. The Morgan fingerprint density at radius 3 is 1.97 bits per heavy atom. The summed E-state index contributed by atoms with van der Waals surface area (Å²) in [5.41, 5.74) is 4.90. The molecule has 2 amide bonds. The number of guanidine groups is 1. The molecule has 0 saturated carbocycles. The summed E-state index contributed by atoms with van der Waals surface area (Å²) < 4.78 is 15.7. The van der Waals surface area contributed by atoms with Crippen LogP contribution in [0.3, 0.4) is 0 Å². The highest BCUT2D eigenvalue weighted by atomic mass is 16.6. The zero-order valence-corrected chi connectivity index (χ0v) is 22.4. The highest BCUT2D eigenvalue weighted by Gasteiger charge is 2.35. The van der Waals surface area contributed by atoms with E-state index < -0.39 is 47.1 Å². The third-order valence-electron chi connectivity index (χ3n) is 4.55. The van der Waals surface area contributed by atoms with Crippen LogP contribution >= 0.6 is 0 Å². The first-order valence-electron chi connectivity index (χ1n) is 11.8. The van der Waals surface area contributed by atoms with Crippen molar-refractivity contribution in [2.45, 2.75) is 65.4 Å². The number of esters is 1. The first-order valence-corrected chi connectivity index (χ1v) is 11.8. The number of ketones is 1. The van der Waals surface area contributed by atoms with Gasteiger partial charge in [0.1, 0.15) is 17.8 Å². The maximum Gasteiger partial charge on any atom is 0.427 e. The molecule has 11 nitrogen and oxygen atoms in total. The molecule has 1 unspecified atom stereocenters. The van der Waals surface area contributed by atoms with Gasteiger partial charge in [0.15, 0.2) is 11.8 Å². The van der Waals surface area contributed by atoms with Crippen molar-refractivity contribution in [3.05, 3.63) is 65.7 Å². The number of carbonyl (C=O) groups excluding carboxylic acids is 4. The molecule has 0 fully saturated rings. The Morgan fingerprint density at radius 2 is 1.45 bits per heavy atom. The Hall–Kier alpha value is -4.25. The Balaban J connectivity index is 2.16. The monoisotopic (exact) mass is 526 g/mol. The van der Waals surface area contributed by atoms with Crippen LogP contribution < -0.4 is 11.1 Å². The largest absolute Gasteiger partial charge is 0.459 e. The lowest BCUT2D eigenvalue weighted by molar-refractivity contribution is -0.145. The molecule has 0 spiro atoms. The Morgan fingerprint density at radius 1 is 0.895 bits per heavy atom. The number of amides is 2. The van der Waals surface area contributed by atoms with Crippen molar-refractivity contribution >= 4 is 35.6 Å². The van der Waals surface area contributed by atoms with Gasteiger partial charge in [-0.05, 0) is 59.2 Å². The summed E-state index contributed by atoms with van der Waals surface area (Å²) in [4.78, 5) is 51.0. The van der Waals surface area contributed by atoms with Gasteiger partial charge in [0.2, 0.25) is 5.96 Å². The number of hydrogen-bond acceptors (Lipinski definition) is 9. The quantitative estimate of drug-likeness (QED) is 0.123. The van der Waals surface area contributed by atoms with E-state index in [1.807, 2.05) is 6.07 Å². The third-order valence-corrected chi connectivity index (χ3v) is 4.55. The molecule has 0 aliphatic carbocycles. The highest BCUT2D eigenvalue weighted by molar-refractivity contribution is 6.14. The van der Waals surface area contributed by atoms with Crippen LogP contribution in [0.15, 0.2) is 54.6 Å². The standard InChI is InChI=1S/C27H34N4O7/c1-26(2,3)37-24(34)31(25(35)38-27(4,5)6)23(29)30-19-14-10-13-18(15-19)21(32)20(28)22(33)36-16-17-11-8-7-9-12-17/h7-15,20H,16,28H2,1-6H3,(H2,29,30). The van der Waals surface area contributed by atoms with Crippen LogP contribution in [-0.4, -0.2) is 52.0 Å². The normalized spacial score (nSPS) is 12.1. The molecule has 0 aromatic heterocycles. The zero-order valence-electron chi connectivity index (χ0n) is 22.4. The number of nitrogens with one attached hydrogen (secondary N) is 2. The van der Waals surface area contributed by atoms with Gasteiger partial charge in [-0.25, -0.2) is 14.4 Å². The number of nitrogens with zero attached hydrogens (tertiary/aromatic N) is 1. The molecule has 0 radical (unpaired) electrons. The van der Waals surface area contributed by atoms with Crippen molar-refractivity contribution in [3.8, 4) is 0 Å². The lowest BCUT2D eigenvalue weighted by Crippen LogP contribution is -2.49. The summed E-state index contributed by atoms with van der Waals surface area (Å²) in [6, 6.07) is 13.1. The number of hydrogen-bond donors (Lipinski definition) is 3. The molecule has 2 aromatic carbocycles. The topological polar surface area (TPSA) is 161 Å². The lowest BCUT2D eigenvalue weighted by Gasteiger charge is -2.28. The van der Waals surface area contributed by atoms with Gasteiger partial charge in [0.05, 0.1) is 0 Å². The van der Waals surface area contributed by atoms with Crippen LogP contribution in [0.5, 0.6) is 0 Å². The van der Waals surface area contributed by atoms with Crippen LogP contribution in [-0.2, 0) is 25.6 Å². The number of rotatable bonds is 6. The smallest absolute Gasteiger partial charge is 0.427 e. The van der Waals surface area contributed by atoms with Crippen molar-refractivity contribution in [1.82, 2.24) is 4.90 Å². The van der Waals surface area contributed by atoms with Gasteiger partial charge in [0, 0.05) is 11.3 Å². The molecule has 204 valence electrons. The van der Waals surface area contributed by atoms with Crippen molar-refractivity contribution in [3.63, 3.8) is 0 Å². The Labute approximate surface area is 221 Å². The number of carbonyl (C=O) groups is 4. The van der Waals surface area contributed by atoms with Gasteiger partial charge in [-0.2, -0.15) is 0 Å². The van der Waals surface area contributed by atoms with E-state index in [1.165, 1.54) is 24.3 Å². The minimum absolute atomic E-state index is 0.0371. The van der Waals surface area contributed by atoms with E-state index in [-0.39, 0.29) is 17.9 Å². The van der Waals surface area contributed by atoms with E-state index in [4.69, 9.17) is 25.4 Å². The summed E-state index contributed by atoms with van der Waals surface area (Å²) in [5.74, 6) is -2.29. The van der Waals surface area contributed by atoms with E-state index >= 15 is 0 Å². The molecule has 0 heterocycles. The molecule has 4 N–H and O–H groups in total. The molecular weight excluding hydrogens is 492 g/mol. The summed E-state index contributed by atoms with van der Waals surface area (Å²) >= 11 is 0.